The molecule has 0 fully saturated rings. The molecule has 0 amide bonds. The van der Waals surface area contributed by atoms with E-state index in [1.54, 1.807) is 24.2 Å². The third kappa shape index (κ3) is 2.94. The molecular formula is C15H16N4O3S. The van der Waals surface area contributed by atoms with E-state index in [9.17, 15) is 4.79 Å². The number of thioether (sulfide) groups is 1. The van der Waals surface area contributed by atoms with Gasteiger partial charge in [-0.2, -0.15) is 11.8 Å². The van der Waals surface area contributed by atoms with Crippen molar-refractivity contribution in [2.75, 3.05) is 19.1 Å². The molecule has 0 saturated carbocycles. The van der Waals surface area contributed by atoms with Crippen LogP contribution in [0.5, 0.6) is 0 Å². The minimum Gasteiger partial charge on any atom is -0.467 e. The van der Waals surface area contributed by atoms with Crippen LogP contribution in [0.2, 0.25) is 0 Å². The van der Waals surface area contributed by atoms with Crippen LogP contribution >= 0.6 is 11.8 Å². The SMILES string of the molecule is COC(=O)C(CCSC)n1ccnc1-c1cccc2nonc12. The van der Waals surface area contributed by atoms with E-state index in [-0.39, 0.29) is 5.97 Å². The van der Waals surface area contributed by atoms with Crippen molar-refractivity contribution in [3.8, 4) is 11.4 Å². The molecule has 0 N–H and O–H groups in total. The van der Waals surface area contributed by atoms with Crippen molar-refractivity contribution in [1.82, 2.24) is 19.9 Å². The molecule has 8 heteroatoms. The van der Waals surface area contributed by atoms with Gasteiger partial charge in [0, 0.05) is 18.0 Å². The first-order valence-electron chi connectivity index (χ1n) is 7.07. The fourth-order valence-corrected chi connectivity index (χ4v) is 2.95. The Balaban J connectivity index is 2.07. The first kappa shape index (κ1) is 15.5. The summed E-state index contributed by atoms with van der Waals surface area (Å²) in [5.41, 5.74) is 2.04. The van der Waals surface area contributed by atoms with Gasteiger partial charge < -0.3 is 9.30 Å². The largest absolute Gasteiger partial charge is 0.467 e. The minimum atomic E-state index is -0.430. The highest BCUT2D eigenvalue weighted by Gasteiger charge is 2.24. The van der Waals surface area contributed by atoms with Crippen molar-refractivity contribution >= 4 is 28.8 Å². The number of esters is 1. The van der Waals surface area contributed by atoms with Gasteiger partial charge in [0.1, 0.15) is 22.9 Å². The number of benzene rings is 1. The van der Waals surface area contributed by atoms with Crippen LogP contribution in [0, 0.1) is 0 Å². The number of methoxy groups -OCH3 is 1. The molecule has 1 aromatic carbocycles. The topological polar surface area (TPSA) is 83.0 Å². The molecule has 0 aliphatic heterocycles. The number of carbonyl (C=O) groups is 1. The lowest BCUT2D eigenvalue weighted by atomic mass is 10.1. The summed E-state index contributed by atoms with van der Waals surface area (Å²) in [6, 6.07) is 5.12. The van der Waals surface area contributed by atoms with Crippen LogP contribution in [0.4, 0.5) is 0 Å². The molecule has 120 valence electrons. The van der Waals surface area contributed by atoms with Crippen LogP contribution in [-0.4, -0.2) is 45.0 Å². The monoisotopic (exact) mass is 332 g/mol. The van der Waals surface area contributed by atoms with Gasteiger partial charge in [-0.05, 0) is 40.9 Å². The Kier molecular flexibility index (Phi) is 4.61. The first-order chi connectivity index (χ1) is 11.3. The molecule has 3 rings (SSSR count). The van der Waals surface area contributed by atoms with E-state index < -0.39 is 6.04 Å². The molecule has 23 heavy (non-hydrogen) atoms. The molecule has 2 heterocycles. The maximum Gasteiger partial charge on any atom is 0.328 e. The van der Waals surface area contributed by atoms with Gasteiger partial charge in [0.2, 0.25) is 0 Å². The Hall–Kier alpha value is -2.35. The minimum absolute atomic E-state index is 0.288. The third-order valence-corrected chi connectivity index (χ3v) is 4.24. The first-order valence-corrected chi connectivity index (χ1v) is 8.47. The van der Waals surface area contributed by atoms with Gasteiger partial charge in [-0.3, -0.25) is 0 Å². The van der Waals surface area contributed by atoms with Gasteiger partial charge in [0.25, 0.3) is 0 Å². The maximum absolute atomic E-state index is 12.2. The second kappa shape index (κ2) is 6.82. The Morgan fingerprint density at radius 2 is 2.30 bits per heavy atom. The van der Waals surface area contributed by atoms with Crippen LogP contribution in [0.25, 0.3) is 22.4 Å². The molecule has 0 aliphatic rings. The van der Waals surface area contributed by atoms with Crippen LogP contribution in [0.15, 0.2) is 35.2 Å². The van der Waals surface area contributed by atoms with E-state index in [2.05, 4.69) is 15.3 Å². The number of imidazole rings is 1. The summed E-state index contributed by atoms with van der Waals surface area (Å²) < 4.78 is 11.6. The van der Waals surface area contributed by atoms with Crippen molar-refractivity contribution in [2.24, 2.45) is 0 Å². The highest BCUT2D eigenvalue weighted by atomic mass is 32.2. The van der Waals surface area contributed by atoms with Crippen molar-refractivity contribution < 1.29 is 14.2 Å². The number of hydrogen-bond donors (Lipinski definition) is 0. The lowest BCUT2D eigenvalue weighted by Crippen LogP contribution is -2.22. The number of hydrogen-bond acceptors (Lipinski definition) is 7. The molecule has 0 spiro atoms. The summed E-state index contributed by atoms with van der Waals surface area (Å²) in [7, 11) is 1.40. The Bertz CT molecular complexity index is 814. The van der Waals surface area contributed by atoms with Gasteiger partial charge in [-0.25, -0.2) is 14.4 Å². The van der Waals surface area contributed by atoms with Crippen molar-refractivity contribution in [2.45, 2.75) is 12.5 Å². The number of nitrogens with zero attached hydrogens (tertiary/aromatic N) is 4. The zero-order valence-electron chi connectivity index (χ0n) is 12.8. The Morgan fingerprint density at radius 1 is 1.43 bits per heavy atom. The van der Waals surface area contributed by atoms with E-state index in [0.29, 0.717) is 23.3 Å². The lowest BCUT2D eigenvalue weighted by Gasteiger charge is -2.18. The van der Waals surface area contributed by atoms with E-state index in [0.717, 1.165) is 11.3 Å². The van der Waals surface area contributed by atoms with E-state index in [1.807, 2.05) is 29.0 Å². The highest BCUT2D eigenvalue weighted by Crippen LogP contribution is 2.29. The van der Waals surface area contributed by atoms with E-state index in [4.69, 9.17) is 9.37 Å². The summed E-state index contributed by atoms with van der Waals surface area (Å²) in [4.78, 5) is 16.6. The van der Waals surface area contributed by atoms with Crippen LogP contribution in [-0.2, 0) is 9.53 Å². The predicted molar refractivity (Wildman–Crippen MR) is 87.1 cm³/mol. The molecule has 0 aliphatic carbocycles. The summed E-state index contributed by atoms with van der Waals surface area (Å²) in [6.07, 6.45) is 6.11. The van der Waals surface area contributed by atoms with Gasteiger partial charge in [0.15, 0.2) is 0 Å². The summed E-state index contributed by atoms with van der Waals surface area (Å²) in [5, 5.41) is 7.79. The van der Waals surface area contributed by atoms with Gasteiger partial charge in [0.05, 0.1) is 7.11 Å². The zero-order chi connectivity index (χ0) is 16.2. The Labute approximate surface area is 137 Å². The molecule has 0 saturated heterocycles. The molecular weight excluding hydrogens is 316 g/mol. The molecule has 1 unspecified atom stereocenters. The number of ether oxygens (including phenoxy) is 1. The molecule has 2 aromatic heterocycles. The van der Waals surface area contributed by atoms with Gasteiger partial charge in [-0.1, -0.05) is 6.07 Å². The molecule has 0 bridgehead atoms. The number of fused-ring (bicyclic) bond motifs is 1. The number of rotatable bonds is 6. The van der Waals surface area contributed by atoms with Crippen LogP contribution < -0.4 is 0 Å². The predicted octanol–water partition coefficient (Wildman–Crippen LogP) is 2.55. The van der Waals surface area contributed by atoms with Gasteiger partial charge in [-0.15, -0.1) is 0 Å². The second-order valence-corrected chi connectivity index (χ2v) is 5.90. The molecule has 3 aromatic rings. The fourth-order valence-electron chi connectivity index (χ4n) is 2.50. The normalized spacial score (nSPS) is 12.4. The van der Waals surface area contributed by atoms with Crippen LogP contribution in [0.3, 0.4) is 0 Å². The maximum atomic E-state index is 12.2. The van der Waals surface area contributed by atoms with Crippen molar-refractivity contribution in [3.05, 3.63) is 30.6 Å². The quantitative estimate of drug-likeness (QED) is 0.641. The standard InChI is InChI=1S/C15H16N4O3S/c1-21-15(20)12(6-9-23-2)19-8-7-16-14(19)10-4-3-5-11-13(10)18-22-17-11/h3-5,7-8,12H,6,9H2,1-2H3. The van der Waals surface area contributed by atoms with E-state index >= 15 is 0 Å². The highest BCUT2D eigenvalue weighted by molar-refractivity contribution is 7.98. The number of aromatic nitrogens is 4. The zero-order valence-corrected chi connectivity index (χ0v) is 13.6. The average molecular weight is 332 g/mol. The summed E-state index contributed by atoms with van der Waals surface area (Å²) in [6.45, 7) is 0. The molecule has 1 atom stereocenters. The lowest BCUT2D eigenvalue weighted by molar-refractivity contribution is -0.144. The van der Waals surface area contributed by atoms with E-state index in [1.165, 1.54) is 7.11 Å². The smallest absolute Gasteiger partial charge is 0.328 e. The summed E-state index contributed by atoms with van der Waals surface area (Å²) in [5.74, 6) is 1.19. The third-order valence-electron chi connectivity index (χ3n) is 3.60. The number of carbonyl (C=O) groups excluding carboxylic acids is 1. The average Bonchev–Trinajstić information content (AvgIpc) is 3.23. The van der Waals surface area contributed by atoms with Crippen molar-refractivity contribution in [1.29, 1.82) is 0 Å². The molecule has 0 radical (unpaired) electrons. The fraction of sp³-hybridized carbons (Fsp3) is 0.333. The van der Waals surface area contributed by atoms with Crippen LogP contribution in [0.1, 0.15) is 12.5 Å². The molecule has 7 nitrogen and oxygen atoms in total. The Morgan fingerprint density at radius 3 is 3.09 bits per heavy atom. The second-order valence-electron chi connectivity index (χ2n) is 4.92. The van der Waals surface area contributed by atoms with Gasteiger partial charge >= 0.3 is 5.97 Å². The summed E-state index contributed by atoms with van der Waals surface area (Å²) >= 11 is 1.68. The van der Waals surface area contributed by atoms with Crippen molar-refractivity contribution in [3.63, 3.8) is 0 Å².